The van der Waals surface area contributed by atoms with E-state index in [0.717, 1.165) is 37.9 Å². The molecule has 1 aromatic carbocycles. The van der Waals surface area contributed by atoms with E-state index in [0.29, 0.717) is 12.2 Å². The van der Waals surface area contributed by atoms with Crippen molar-refractivity contribution in [1.29, 1.82) is 0 Å². The van der Waals surface area contributed by atoms with E-state index >= 15 is 0 Å². The Morgan fingerprint density at radius 1 is 1.04 bits per heavy atom. The van der Waals surface area contributed by atoms with Crippen LogP contribution in [-0.2, 0) is 4.79 Å². The predicted octanol–water partition coefficient (Wildman–Crippen LogP) is 3.86. The fourth-order valence-electron chi connectivity index (χ4n) is 3.22. The minimum Gasteiger partial charge on any atom is -0.494 e. The highest BCUT2D eigenvalue weighted by molar-refractivity contribution is 7.80. The fraction of sp³-hybridized carbons (Fsp3) is 0.571. The van der Waals surface area contributed by atoms with Crippen LogP contribution in [0, 0.1) is 5.92 Å². The van der Waals surface area contributed by atoms with Crippen LogP contribution in [0.1, 0.15) is 75.1 Å². The minimum absolute atomic E-state index is 0.0127. The lowest BCUT2D eigenvalue weighted by molar-refractivity contribution is -0.124. The quantitative estimate of drug-likeness (QED) is 0.348. The molecule has 1 aromatic rings. The van der Waals surface area contributed by atoms with Gasteiger partial charge in [-0.25, -0.2) is 0 Å². The van der Waals surface area contributed by atoms with Crippen LogP contribution in [0.2, 0.25) is 0 Å². The molecule has 0 heterocycles. The number of hydrazine groups is 1. The first-order chi connectivity index (χ1) is 13.6. The molecule has 7 heteroatoms. The van der Waals surface area contributed by atoms with Crippen LogP contribution >= 0.6 is 12.2 Å². The molecule has 0 saturated heterocycles. The van der Waals surface area contributed by atoms with Crippen molar-refractivity contribution in [2.45, 2.75) is 64.7 Å². The summed E-state index contributed by atoms with van der Waals surface area (Å²) < 4.78 is 5.67. The third-order valence-electron chi connectivity index (χ3n) is 4.89. The van der Waals surface area contributed by atoms with Crippen LogP contribution in [0.5, 0.6) is 5.75 Å². The molecule has 3 N–H and O–H groups in total. The Labute approximate surface area is 172 Å². The first-order valence-corrected chi connectivity index (χ1v) is 10.6. The number of ether oxygens (including phenoxy) is 1. The number of thiocarbonyl (C=S) groups is 1. The van der Waals surface area contributed by atoms with Crippen LogP contribution in [0.25, 0.3) is 0 Å². The van der Waals surface area contributed by atoms with Crippen molar-refractivity contribution in [1.82, 2.24) is 16.2 Å². The van der Waals surface area contributed by atoms with Gasteiger partial charge in [0.2, 0.25) is 5.91 Å². The van der Waals surface area contributed by atoms with Crippen molar-refractivity contribution in [3.05, 3.63) is 29.8 Å². The maximum atomic E-state index is 12.2. The van der Waals surface area contributed by atoms with E-state index in [-0.39, 0.29) is 22.8 Å². The van der Waals surface area contributed by atoms with E-state index in [2.05, 4.69) is 23.1 Å². The summed E-state index contributed by atoms with van der Waals surface area (Å²) in [6, 6.07) is 6.94. The number of hydrogen-bond acceptors (Lipinski definition) is 4. The average molecular weight is 406 g/mol. The van der Waals surface area contributed by atoms with E-state index in [4.69, 9.17) is 17.0 Å². The van der Waals surface area contributed by atoms with E-state index < -0.39 is 0 Å². The molecule has 0 aliphatic heterocycles. The molecule has 0 atom stereocenters. The topological polar surface area (TPSA) is 79.5 Å². The van der Waals surface area contributed by atoms with Crippen LogP contribution in [0.4, 0.5) is 0 Å². The summed E-state index contributed by atoms with van der Waals surface area (Å²) in [7, 11) is 0. The van der Waals surface area contributed by atoms with Gasteiger partial charge in [-0.05, 0) is 55.7 Å². The number of unbranched alkanes of at least 4 members (excludes halogenated alkanes) is 3. The van der Waals surface area contributed by atoms with E-state index in [1.165, 1.54) is 25.7 Å². The molecular weight excluding hydrogens is 374 g/mol. The summed E-state index contributed by atoms with van der Waals surface area (Å²) in [4.78, 5) is 24.3. The van der Waals surface area contributed by atoms with Gasteiger partial charge in [-0.2, -0.15) is 0 Å². The standard InChI is InChI=1S/C21H31N3O3S/c1-2-3-4-8-15-27-18-13-11-17(12-14-18)20(26)23-24-21(28)22-19(25)16-9-6-5-7-10-16/h11-14,16H,2-10,15H2,1H3,(H,23,26)(H2,22,24,25,28). The van der Waals surface area contributed by atoms with Crippen molar-refractivity contribution in [3.8, 4) is 5.75 Å². The van der Waals surface area contributed by atoms with Gasteiger partial charge >= 0.3 is 0 Å². The largest absolute Gasteiger partial charge is 0.494 e. The first kappa shape index (κ1) is 22.1. The molecule has 0 unspecified atom stereocenters. The summed E-state index contributed by atoms with van der Waals surface area (Å²) >= 11 is 5.09. The number of amides is 2. The smallest absolute Gasteiger partial charge is 0.269 e. The van der Waals surface area contributed by atoms with Crippen molar-refractivity contribution >= 4 is 29.1 Å². The highest BCUT2D eigenvalue weighted by atomic mass is 32.1. The van der Waals surface area contributed by atoms with Crippen molar-refractivity contribution in [3.63, 3.8) is 0 Å². The molecule has 2 amide bonds. The monoisotopic (exact) mass is 405 g/mol. The Bertz CT molecular complexity index is 643. The normalized spacial score (nSPS) is 14.2. The molecule has 1 aliphatic carbocycles. The van der Waals surface area contributed by atoms with Crippen LogP contribution in [0.15, 0.2) is 24.3 Å². The molecule has 0 spiro atoms. The zero-order chi connectivity index (χ0) is 20.2. The molecule has 6 nitrogen and oxygen atoms in total. The van der Waals surface area contributed by atoms with Gasteiger partial charge in [0.25, 0.3) is 5.91 Å². The lowest BCUT2D eigenvalue weighted by atomic mass is 9.89. The zero-order valence-corrected chi connectivity index (χ0v) is 17.4. The Morgan fingerprint density at radius 3 is 2.43 bits per heavy atom. The molecule has 0 bridgehead atoms. The second kappa shape index (κ2) is 12.3. The summed E-state index contributed by atoms with van der Waals surface area (Å²) in [5.74, 6) is 0.352. The molecule has 1 aliphatic rings. The predicted molar refractivity (Wildman–Crippen MR) is 114 cm³/mol. The Hall–Kier alpha value is -2.15. The molecule has 1 fully saturated rings. The SMILES string of the molecule is CCCCCCOc1ccc(C(=O)NNC(=S)NC(=O)C2CCCCC2)cc1. The van der Waals surface area contributed by atoms with E-state index in [9.17, 15) is 9.59 Å². The molecule has 0 radical (unpaired) electrons. The van der Waals surface area contributed by atoms with Crippen LogP contribution in [0.3, 0.4) is 0 Å². The van der Waals surface area contributed by atoms with Crippen molar-refractivity contribution in [2.75, 3.05) is 6.61 Å². The molecule has 2 rings (SSSR count). The average Bonchev–Trinajstić information content (AvgIpc) is 2.73. The minimum atomic E-state index is -0.330. The molecule has 154 valence electrons. The van der Waals surface area contributed by atoms with Gasteiger partial charge in [-0.1, -0.05) is 45.4 Å². The van der Waals surface area contributed by atoms with Gasteiger partial charge in [-0.3, -0.25) is 20.4 Å². The third kappa shape index (κ3) is 7.84. The molecule has 28 heavy (non-hydrogen) atoms. The van der Waals surface area contributed by atoms with Gasteiger partial charge in [-0.15, -0.1) is 0 Å². The van der Waals surface area contributed by atoms with Gasteiger partial charge in [0.15, 0.2) is 5.11 Å². The maximum Gasteiger partial charge on any atom is 0.269 e. The first-order valence-electron chi connectivity index (χ1n) is 10.2. The summed E-state index contributed by atoms with van der Waals surface area (Å²) in [5.41, 5.74) is 5.57. The van der Waals surface area contributed by atoms with Crippen molar-refractivity contribution < 1.29 is 14.3 Å². The Morgan fingerprint density at radius 2 is 1.75 bits per heavy atom. The van der Waals surface area contributed by atoms with Gasteiger partial charge < -0.3 is 10.1 Å². The van der Waals surface area contributed by atoms with Crippen molar-refractivity contribution in [2.24, 2.45) is 5.92 Å². The van der Waals surface area contributed by atoms with Crippen LogP contribution in [-0.4, -0.2) is 23.5 Å². The fourth-order valence-corrected chi connectivity index (χ4v) is 3.37. The zero-order valence-electron chi connectivity index (χ0n) is 16.6. The maximum absolute atomic E-state index is 12.2. The molecule has 0 aromatic heterocycles. The van der Waals surface area contributed by atoms with Gasteiger partial charge in [0, 0.05) is 11.5 Å². The lowest BCUT2D eigenvalue weighted by Gasteiger charge is -2.21. The molecular formula is C21H31N3O3S. The number of nitrogens with one attached hydrogen (secondary N) is 3. The third-order valence-corrected chi connectivity index (χ3v) is 5.09. The Kier molecular flexibility index (Phi) is 9.76. The Balaban J connectivity index is 1.68. The summed E-state index contributed by atoms with van der Waals surface area (Å²) in [6.45, 7) is 2.86. The number of carbonyl (C=O) groups is 2. The highest BCUT2D eigenvalue weighted by Gasteiger charge is 2.21. The summed E-state index contributed by atoms with van der Waals surface area (Å²) in [6.07, 6.45) is 9.75. The van der Waals surface area contributed by atoms with E-state index in [1.807, 2.05) is 0 Å². The number of hydrogen-bond donors (Lipinski definition) is 3. The molecule has 1 saturated carbocycles. The highest BCUT2D eigenvalue weighted by Crippen LogP contribution is 2.23. The summed E-state index contributed by atoms with van der Waals surface area (Å²) in [5, 5.41) is 2.76. The lowest BCUT2D eigenvalue weighted by Crippen LogP contribution is -2.49. The van der Waals surface area contributed by atoms with Gasteiger partial charge in [0.1, 0.15) is 5.75 Å². The van der Waals surface area contributed by atoms with E-state index in [1.54, 1.807) is 24.3 Å². The second-order valence-electron chi connectivity index (χ2n) is 7.17. The second-order valence-corrected chi connectivity index (χ2v) is 7.57. The van der Waals surface area contributed by atoms with Gasteiger partial charge in [0.05, 0.1) is 6.61 Å². The number of benzene rings is 1. The number of rotatable bonds is 8. The number of carbonyl (C=O) groups excluding carboxylic acids is 2. The van der Waals surface area contributed by atoms with Crippen LogP contribution < -0.4 is 20.9 Å².